The first kappa shape index (κ1) is 23.4. The smallest absolute Gasteiger partial charge is 0.252 e. The maximum absolute atomic E-state index is 13.4. The molecule has 10 heteroatoms. The molecule has 5 aromatic rings. The minimum atomic E-state index is -3.53. The number of methoxy groups -OCH3 is 1. The average molecular weight is 545 g/mol. The maximum atomic E-state index is 13.4. The van der Waals surface area contributed by atoms with Crippen molar-refractivity contribution in [1.82, 2.24) is 18.8 Å². The van der Waals surface area contributed by atoms with Crippen LogP contribution < -0.4 is 5.32 Å². The molecule has 0 radical (unpaired) electrons. The van der Waals surface area contributed by atoms with E-state index in [-0.39, 0.29) is 5.91 Å². The molecular formula is C29H28N4O5S. The van der Waals surface area contributed by atoms with E-state index in [1.165, 1.54) is 10.6 Å². The number of carbonyl (C=O) groups excluding carboxylic acids is 1. The van der Waals surface area contributed by atoms with Crippen LogP contribution in [0.15, 0.2) is 48.5 Å². The number of aromatic nitrogens is 2. The summed E-state index contributed by atoms with van der Waals surface area (Å²) in [5, 5.41) is 7.02. The number of likely N-dealkylation sites (N-methyl/N-ethyl adjacent to an activating group) is 1. The highest BCUT2D eigenvalue weighted by Crippen LogP contribution is 2.54. The molecule has 5 heterocycles. The number of nitrogens with zero attached hydrogens (tertiary/aromatic N) is 3. The molecule has 3 aliphatic rings. The van der Waals surface area contributed by atoms with Gasteiger partial charge in [-0.2, -0.15) is 4.31 Å². The van der Waals surface area contributed by atoms with Gasteiger partial charge in [0.15, 0.2) is 5.72 Å². The number of hydrogen-bond donors (Lipinski definition) is 1. The molecule has 2 aromatic heterocycles. The van der Waals surface area contributed by atoms with Crippen LogP contribution >= 0.6 is 0 Å². The number of fused-ring (bicyclic) bond motifs is 13. The number of sulfonamides is 1. The lowest BCUT2D eigenvalue weighted by Crippen LogP contribution is -2.61. The molecular weight excluding hydrogens is 516 g/mol. The molecule has 0 aliphatic carbocycles. The number of amides is 1. The van der Waals surface area contributed by atoms with Gasteiger partial charge in [0, 0.05) is 48.7 Å². The SMILES string of the molecule is CO[C@H]1[C@@H](N(C)S(C)(=O)=O)C[C@@H]2O[C@@]1(C)n1c3ccccc3c3c4c(c5c6ccccc6n2c5c31)C(=O)NC4. The fourth-order valence-corrected chi connectivity index (χ4v) is 8.30. The van der Waals surface area contributed by atoms with Crippen LogP contribution in [-0.4, -0.2) is 60.3 Å². The van der Waals surface area contributed by atoms with Crippen molar-refractivity contribution in [3.8, 4) is 0 Å². The molecule has 2 bridgehead atoms. The van der Waals surface area contributed by atoms with Gasteiger partial charge in [0.1, 0.15) is 12.3 Å². The van der Waals surface area contributed by atoms with E-state index in [9.17, 15) is 13.2 Å². The molecule has 4 atom stereocenters. The van der Waals surface area contributed by atoms with E-state index in [1.54, 1.807) is 14.2 Å². The molecule has 39 heavy (non-hydrogen) atoms. The molecule has 1 saturated heterocycles. The Kier molecular flexibility index (Phi) is 4.44. The zero-order valence-corrected chi connectivity index (χ0v) is 22.9. The van der Waals surface area contributed by atoms with E-state index in [0.717, 1.165) is 49.2 Å². The Labute approximate surface area is 224 Å². The van der Waals surface area contributed by atoms with Crippen molar-refractivity contribution in [1.29, 1.82) is 0 Å². The van der Waals surface area contributed by atoms with Crippen molar-refractivity contribution in [3.63, 3.8) is 0 Å². The van der Waals surface area contributed by atoms with E-state index >= 15 is 0 Å². The summed E-state index contributed by atoms with van der Waals surface area (Å²) in [5.41, 5.74) is 4.46. The molecule has 9 nitrogen and oxygen atoms in total. The summed E-state index contributed by atoms with van der Waals surface area (Å²) < 4.78 is 44.8. The fourth-order valence-electron chi connectivity index (χ4n) is 7.62. The third-order valence-corrected chi connectivity index (χ3v) is 10.5. The minimum Gasteiger partial charge on any atom is -0.375 e. The summed E-state index contributed by atoms with van der Waals surface area (Å²) in [6.07, 6.45) is 0.513. The molecule has 0 saturated carbocycles. The van der Waals surface area contributed by atoms with Gasteiger partial charge < -0.3 is 23.9 Å². The highest BCUT2D eigenvalue weighted by atomic mass is 32.2. The molecule has 1 fully saturated rings. The van der Waals surface area contributed by atoms with Crippen LogP contribution in [0.2, 0.25) is 0 Å². The molecule has 1 amide bonds. The van der Waals surface area contributed by atoms with Crippen molar-refractivity contribution in [2.45, 2.75) is 44.0 Å². The van der Waals surface area contributed by atoms with Gasteiger partial charge in [-0.3, -0.25) is 4.79 Å². The Hall–Kier alpha value is -3.44. The Morgan fingerprint density at radius 3 is 2.41 bits per heavy atom. The van der Waals surface area contributed by atoms with Crippen molar-refractivity contribution >= 4 is 59.5 Å². The number of para-hydroxylation sites is 2. The zero-order valence-electron chi connectivity index (χ0n) is 22.1. The summed E-state index contributed by atoms with van der Waals surface area (Å²) in [6.45, 7) is 2.45. The lowest BCUT2D eigenvalue weighted by molar-refractivity contribution is -0.262. The van der Waals surface area contributed by atoms with Crippen LogP contribution in [0.3, 0.4) is 0 Å². The molecule has 0 spiro atoms. The standard InChI is InChI=1S/C29H28N4O5S/c1-29-27(37-3)20(31(2)39(4,35)36)13-21(38-29)32-18-11-7-5-9-15(18)23-24-17(14-30-28(24)34)22-16-10-6-8-12-19(16)33(29)26(22)25(23)32/h5-12,20-21,27H,13-14H2,1-4H3,(H,30,34)/t20-,21-,27-,29+/m0/s1. The number of nitrogens with one attached hydrogen (secondary N) is 1. The Morgan fingerprint density at radius 2 is 1.72 bits per heavy atom. The third kappa shape index (κ3) is 2.70. The topological polar surface area (TPSA) is 94.8 Å². The molecule has 3 aromatic carbocycles. The monoisotopic (exact) mass is 544 g/mol. The van der Waals surface area contributed by atoms with E-state index in [2.05, 4.69) is 38.7 Å². The maximum Gasteiger partial charge on any atom is 0.252 e. The third-order valence-electron chi connectivity index (χ3n) is 9.19. The van der Waals surface area contributed by atoms with Crippen LogP contribution in [-0.2, 0) is 31.8 Å². The van der Waals surface area contributed by atoms with Crippen molar-refractivity contribution in [2.24, 2.45) is 0 Å². The average Bonchev–Trinajstić information content (AvgIpc) is 3.55. The first-order chi connectivity index (χ1) is 18.7. The minimum absolute atomic E-state index is 0.0737. The van der Waals surface area contributed by atoms with Crippen LogP contribution in [0.5, 0.6) is 0 Å². The van der Waals surface area contributed by atoms with Crippen LogP contribution in [0.25, 0.3) is 43.6 Å². The summed E-state index contributed by atoms with van der Waals surface area (Å²) in [6, 6.07) is 15.8. The van der Waals surface area contributed by atoms with Crippen molar-refractivity contribution < 1.29 is 22.7 Å². The Morgan fingerprint density at radius 1 is 1.05 bits per heavy atom. The van der Waals surface area contributed by atoms with E-state index in [4.69, 9.17) is 9.47 Å². The lowest BCUT2D eigenvalue weighted by atomic mass is 9.93. The van der Waals surface area contributed by atoms with Crippen molar-refractivity contribution in [2.75, 3.05) is 20.4 Å². The highest BCUT2D eigenvalue weighted by molar-refractivity contribution is 7.88. The Bertz CT molecular complexity index is 2030. The van der Waals surface area contributed by atoms with E-state index in [0.29, 0.717) is 18.5 Å². The van der Waals surface area contributed by atoms with Gasteiger partial charge in [0.25, 0.3) is 5.91 Å². The normalized spacial score (nSPS) is 26.3. The van der Waals surface area contributed by atoms with E-state index in [1.807, 2.05) is 31.2 Å². The largest absolute Gasteiger partial charge is 0.375 e. The summed E-state index contributed by atoms with van der Waals surface area (Å²) in [4.78, 5) is 13.4. The van der Waals surface area contributed by atoms with Gasteiger partial charge in [-0.1, -0.05) is 36.4 Å². The second kappa shape index (κ2) is 7.39. The highest BCUT2D eigenvalue weighted by Gasteiger charge is 2.55. The van der Waals surface area contributed by atoms with Crippen molar-refractivity contribution in [3.05, 3.63) is 59.7 Å². The number of hydrogen-bond acceptors (Lipinski definition) is 5. The number of carbonyl (C=O) groups is 1. The second-order valence-electron chi connectivity index (χ2n) is 11.1. The first-order valence-corrected chi connectivity index (χ1v) is 14.9. The predicted molar refractivity (Wildman–Crippen MR) is 149 cm³/mol. The van der Waals surface area contributed by atoms with Gasteiger partial charge in [-0.25, -0.2) is 8.42 Å². The second-order valence-corrected chi connectivity index (χ2v) is 13.1. The molecule has 3 aliphatic heterocycles. The van der Waals surface area contributed by atoms with Crippen LogP contribution in [0.4, 0.5) is 0 Å². The molecule has 8 rings (SSSR count). The molecule has 200 valence electrons. The van der Waals surface area contributed by atoms with Gasteiger partial charge in [-0.15, -0.1) is 0 Å². The fraction of sp³-hybridized carbons (Fsp3) is 0.345. The molecule has 1 N–H and O–H groups in total. The Balaban J connectivity index is 1.64. The lowest BCUT2D eigenvalue weighted by Gasteiger charge is -2.50. The van der Waals surface area contributed by atoms with Gasteiger partial charge in [0.05, 0.1) is 39.9 Å². The number of rotatable bonds is 3. The van der Waals surface area contributed by atoms with Gasteiger partial charge in [0.2, 0.25) is 10.0 Å². The summed E-state index contributed by atoms with van der Waals surface area (Å²) in [5.74, 6) is -0.0737. The van der Waals surface area contributed by atoms with Crippen LogP contribution in [0.1, 0.15) is 35.5 Å². The van der Waals surface area contributed by atoms with Gasteiger partial charge >= 0.3 is 0 Å². The van der Waals surface area contributed by atoms with Crippen LogP contribution in [0, 0.1) is 0 Å². The van der Waals surface area contributed by atoms with E-state index < -0.39 is 34.1 Å². The quantitative estimate of drug-likeness (QED) is 0.370. The first-order valence-electron chi connectivity index (χ1n) is 13.1. The number of ether oxygens (including phenoxy) is 2. The zero-order chi connectivity index (χ0) is 27.0. The summed E-state index contributed by atoms with van der Waals surface area (Å²) in [7, 11) is -0.299. The summed E-state index contributed by atoms with van der Waals surface area (Å²) >= 11 is 0. The molecule has 0 unspecified atom stereocenters. The predicted octanol–water partition coefficient (Wildman–Crippen LogP) is 4.03. The number of benzene rings is 3. The van der Waals surface area contributed by atoms with Gasteiger partial charge in [-0.05, 0) is 24.6 Å².